The molecule has 0 saturated heterocycles. The van der Waals surface area contributed by atoms with Crippen LogP contribution < -0.4 is 0 Å². The Labute approximate surface area is 202 Å². The third-order valence-corrected chi connectivity index (χ3v) is 6.14. The van der Waals surface area contributed by atoms with Crippen molar-refractivity contribution in [3.8, 4) is 22.4 Å². The van der Waals surface area contributed by atoms with E-state index in [9.17, 15) is 4.79 Å². The van der Waals surface area contributed by atoms with E-state index in [1.165, 1.54) is 0 Å². The molecule has 0 spiro atoms. The normalized spacial score (nSPS) is 13.3. The van der Waals surface area contributed by atoms with E-state index >= 15 is 0 Å². The number of aryl methyl sites for hydroxylation is 1. The summed E-state index contributed by atoms with van der Waals surface area (Å²) < 4.78 is 7.55. The zero-order chi connectivity index (χ0) is 24.4. The summed E-state index contributed by atoms with van der Waals surface area (Å²) in [6.45, 7) is 4.54. The van der Waals surface area contributed by atoms with E-state index in [2.05, 4.69) is 28.9 Å². The summed E-state index contributed by atoms with van der Waals surface area (Å²) in [5, 5.41) is 13.6. The van der Waals surface area contributed by atoms with E-state index < -0.39 is 5.97 Å². The van der Waals surface area contributed by atoms with Crippen molar-refractivity contribution in [1.29, 1.82) is 0 Å². The molecule has 0 aliphatic carbocycles. The zero-order valence-corrected chi connectivity index (χ0v) is 19.6. The number of hydrogen-bond donors (Lipinski definition) is 1. The second-order valence-electron chi connectivity index (χ2n) is 8.45. The van der Waals surface area contributed by atoms with Crippen molar-refractivity contribution >= 4 is 11.6 Å². The second-order valence-corrected chi connectivity index (χ2v) is 8.45. The van der Waals surface area contributed by atoms with Crippen molar-refractivity contribution in [2.45, 2.75) is 33.1 Å². The molecule has 4 aromatic rings. The molecule has 8 heteroatoms. The largest absolute Gasteiger partial charge is 0.493 e. The maximum absolute atomic E-state index is 10.9. The van der Waals surface area contributed by atoms with Crippen LogP contribution in [0.5, 0.6) is 0 Å². The van der Waals surface area contributed by atoms with E-state index in [0.29, 0.717) is 18.8 Å². The molecule has 35 heavy (non-hydrogen) atoms. The molecule has 0 aromatic carbocycles. The lowest BCUT2D eigenvalue weighted by Gasteiger charge is -2.17. The number of carbonyl (C=O) groups is 1. The van der Waals surface area contributed by atoms with Gasteiger partial charge in [-0.05, 0) is 48.8 Å². The summed E-state index contributed by atoms with van der Waals surface area (Å²) in [6, 6.07) is 7.89. The second kappa shape index (κ2) is 9.50. The SMILES string of the molecule is CCc1c(C)c(CC2=CC=C(CC(=O)O)OC2)nc2c(-c3ccc(-c4cccnc4)nc3)cnn12. The van der Waals surface area contributed by atoms with Crippen molar-refractivity contribution in [1.82, 2.24) is 24.6 Å². The van der Waals surface area contributed by atoms with Crippen molar-refractivity contribution in [3.05, 3.63) is 89.5 Å². The van der Waals surface area contributed by atoms with Gasteiger partial charge in [0.15, 0.2) is 5.65 Å². The minimum Gasteiger partial charge on any atom is -0.493 e. The van der Waals surface area contributed by atoms with Crippen molar-refractivity contribution in [2.24, 2.45) is 0 Å². The number of rotatable bonds is 7. The number of pyridine rings is 2. The highest BCUT2D eigenvalue weighted by atomic mass is 16.5. The third-order valence-electron chi connectivity index (χ3n) is 6.14. The molecule has 0 atom stereocenters. The smallest absolute Gasteiger partial charge is 0.311 e. The van der Waals surface area contributed by atoms with Crippen LogP contribution in [0.2, 0.25) is 0 Å². The van der Waals surface area contributed by atoms with Gasteiger partial charge in [-0.15, -0.1) is 0 Å². The van der Waals surface area contributed by atoms with Gasteiger partial charge in [-0.25, -0.2) is 9.50 Å². The van der Waals surface area contributed by atoms with Crippen LogP contribution in [0.15, 0.2) is 72.5 Å². The van der Waals surface area contributed by atoms with Gasteiger partial charge in [0, 0.05) is 47.4 Å². The Morgan fingerprint density at radius 1 is 1.14 bits per heavy atom. The Morgan fingerprint density at radius 3 is 2.69 bits per heavy atom. The number of allylic oxidation sites excluding steroid dienone is 2. The number of hydrogen-bond acceptors (Lipinski definition) is 6. The van der Waals surface area contributed by atoms with Crippen molar-refractivity contribution in [2.75, 3.05) is 6.61 Å². The molecule has 4 aromatic heterocycles. The number of nitrogens with zero attached hydrogens (tertiary/aromatic N) is 5. The van der Waals surface area contributed by atoms with E-state index in [-0.39, 0.29) is 6.42 Å². The molecule has 0 fully saturated rings. The summed E-state index contributed by atoms with van der Waals surface area (Å²) in [6.07, 6.45) is 12.2. The standard InChI is InChI=1S/C27H25N5O3/c1-3-25-17(2)24(11-18-6-8-21(35-16-18)12-26(33)34)31-27-22(15-30-32(25)27)19-7-9-23(29-14-19)20-5-4-10-28-13-20/h4-10,13-15H,3,11-12,16H2,1-2H3,(H,33,34). The summed E-state index contributed by atoms with van der Waals surface area (Å²) in [7, 11) is 0. The van der Waals surface area contributed by atoms with Crippen LogP contribution in [0.25, 0.3) is 28.0 Å². The Bertz CT molecular complexity index is 1450. The van der Waals surface area contributed by atoms with Gasteiger partial charge >= 0.3 is 5.97 Å². The van der Waals surface area contributed by atoms with Gasteiger partial charge in [0.25, 0.3) is 0 Å². The minimum atomic E-state index is -0.903. The van der Waals surface area contributed by atoms with Gasteiger partial charge < -0.3 is 9.84 Å². The third kappa shape index (κ3) is 4.55. The fourth-order valence-corrected chi connectivity index (χ4v) is 4.29. The Morgan fingerprint density at radius 2 is 2.03 bits per heavy atom. The Balaban J connectivity index is 1.50. The number of carboxylic acid groups (broad SMARTS) is 1. The Kier molecular flexibility index (Phi) is 6.10. The lowest BCUT2D eigenvalue weighted by molar-refractivity contribution is -0.136. The van der Waals surface area contributed by atoms with Crippen molar-refractivity contribution < 1.29 is 14.6 Å². The van der Waals surface area contributed by atoms with Gasteiger partial charge in [0.2, 0.25) is 0 Å². The lowest BCUT2D eigenvalue weighted by Crippen LogP contribution is -2.12. The highest BCUT2D eigenvalue weighted by Crippen LogP contribution is 2.28. The van der Waals surface area contributed by atoms with Crippen LogP contribution in [0, 0.1) is 6.92 Å². The number of fused-ring (bicyclic) bond motifs is 1. The molecule has 0 radical (unpaired) electrons. The molecule has 1 aliphatic rings. The quantitative estimate of drug-likeness (QED) is 0.424. The fraction of sp³-hybridized carbons (Fsp3) is 0.222. The molecule has 8 nitrogen and oxygen atoms in total. The average molecular weight is 468 g/mol. The topological polar surface area (TPSA) is 102 Å². The molecule has 0 unspecified atom stereocenters. The van der Waals surface area contributed by atoms with Gasteiger partial charge in [-0.1, -0.05) is 19.1 Å². The monoisotopic (exact) mass is 467 g/mol. The molecule has 5 rings (SSSR count). The zero-order valence-electron chi connectivity index (χ0n) is 19.6. The van der Waals surface area contributed by atoms with Gasteiger partial charge in [-0.2, -0.15) is 5.10 Å². The predicted octanol–water partition coefficient (Wildman–Crippen LogP) is 4.58. The van der Waals surface area contributed by atoms with Gasteiger partial charge in [-0.3, -0.25) is 14.8 Å². The van der Waals surface area contributed by atoms with E-state index in [0.717, 1.165) is 57.0 Å². The highest BCUT2D eigenvalue weighted by molar-refractivity contribution is 5.78. The molecular formula is C27H25N5O3. The first kappa shape index (κ1) is 22.5. The molecule has 0 bridgehead atoms. The fourth-order valence-electron chi connectivity index (χ4n) is 4.29. The minimum absolute atomic E-state index is 0.111. The molecule has 1 N–H and O–H groups in total. The average Bonchev–Trinajstić information content (AvgIpc) is 3.29. The van der Waals surface area contributed by atoms with Crippen LogP contribution >= 0.6 is 0 Å². The molecule has 0 saturated carbocycles. The van der Waals surface area contributed by atoms with Gasteiger partial charge in [0.05, 0.1) is 17.6 Å². The summed E-state index contributed by atoms with van der Waals surface area (Å²) in [4.78, 5) is 24.7. The van der Waals surface area contributed by atoms with Crippen LogP contribution in [-0.4, -0.2) is 42.2 Å². The van der Waals surface area contributed by atoms with Crippen LogP contribution in [0.4, 0.5) is 0 Å². The highest BCUT2D eigenvalue weighted by Gasteiger charge is 2.18. The first-order valence-electron chi connectivity index (χ1n) is 11.5. The molecule has 5 heterocycles. The maximum Gasteiger partial charge on any atom is 0.311 e. The number of carboxylic acids is 1. The lowest BCUT2D eigenvalue weighted by atomic mass is 10.0. The molecule has 1 aliphatic heterocycles. The van der Waals surface area contributed by atoms with Crippen LogP contribution in [0.1, 0.15) is 30.3 Å². The van der Waals surface area contributed by atoms with Crippen LogP contribution in [-0.2, 0) is 22.4 Å². The maximum atomic E-state index is 10.9. The van der Waals surface area contributed by atoms with E-state index in [4.69, 9.17) is 14.8 Å². The predicted molar refractivity (Wildman–Crippen MR) is 132 cm³/mol. The molecular weight excluding hydrogens is 442 g/mol. The summed E-state index contributed by atoms with van der Waals surface area (Å²) in [5.74, 6) is -0.434. The number of ether oxygens (including phenoxy) is 1. The first-order chi connectivity index (χ1) is 17.0. The van der Waals surface area contributed by atoms with E-state index in [1.807, 2.05) is 47.3 Å². The summed E-state index contributed by atoms with van der Waals surface area (Å²) >= 11 is 0. The number of aromatic nitrogens is 5. The van der Waals surface area contributed by atoms with Crippen molar-refractivity contribution in [3.63, 3.8) is 0 Å². The number of aliphatic carboxylic acids is 1. The van der Waals surface area contributed by atoms with Gasteiger partial charge in [0.1, 0.15) is 18.8 Å². The molecule has 0 amide bonds. The van der Waals surface area contributed by atoms with E-state index in [1.54, 1.807) is 18.5 Å². The Hall–Kier alpha value is -4.33. The molecule has 176 valence electrons. The van der Waals surface area contributed by atoms with Crippen LogP contribution in [0.3, 0.4) is 0 Å². The first-order valence-corrected chi connectivity index (χ1v) is 11.5. The summed E-state index contributed by atoms with van der Waals surface area (Å²) in [5.41, 5.74) is 8.69.